The summed E-state index contributed by atoms with van der Waals surface area (Å²) in [5.41, 5.74) is 0.0932. The van der Waals surface area contributed by atoms with Gasteiger partial charge in [0.2, 0.25) is 0 Å². The fourth-order valence-corrected chi connectivity index (χ4v) is 2.29. The minimum absolute atomic E-state index is 0.229. The second-order valence-electron chi connectivity index (χ2n) is 5.51. The Morgan fingerprint density at radius 2 is 1.69 bits per heavy atom. The van der Waals surface area contributed by atoms with E-state index in [1.165, 1.54) is 30.2 Å². The summed E-state index contributed by atoms with van der Waals surface area (Å²) in [6.07, 6.45) is 0. The van der Waals surface area contributed by atoms with Crippen LogP contribution in [0.25, 0.3) is 0 Å². The lowest BCUT2D eigenvalue weighted by molar-refractivity contribution is 0.0824. The van der Waals surface area contributed by atoms with Gasteiger partial charge in [-0.25, -0.2) is 8.78 Å². The zero-order valence-electron chi connectivity index (χ0n) is 14.7. The van der Waals surface area contributed by atoms with E-state index in [2.05, 4.69) is 10.1 Å². The Hall–Kier alpha value is -3.16. The predicted molar refractivity (Wildman–Crippen MR) is 91.9 cm³/mol. The summed E-state index contributed by atoms with van der Waals surface area (Å²) in [7, 11) is 5.67. The number of carbonyl (C=O) groups is 2. The van der Waals surface area contributed by atoms with Crippen molar-refractivity contribution in [3.8, 4) is 11.5 Å². The average molecular weight is 364 g/mol. The van der Waals surface area contributed by atoms with Crippen molar-refractivity contribution in [3.63, 3.8) is 0 Å². The van der Waals surface area contributed by atoms with Crippen LogP contribution in [-0.4, -0.2) is 45.0 Å². The molecule has 1 N–H and O–H groups in total. The number of rotatable bonds is 5. The zero-order valence-corrected chi connectivity index (χ0v) is 14.7. The molecule has 2 aromatic carbocycles. The Balaban J connectivity index is 2.36. The summed E-state index contributed by atoms with van der Waals surface area (Å²) < 4.78 is 37.5. The number of halogens is 2. The highest BCUT2D eigenvalue weighted by Crippen LogP contribution is 2.27. The third kappa shape index (κ3) is 3.74. The number of hydrogen-bond donors (Lipinski definition) is 1. The molecule has 0 atom stereocenters. The molecule has 6 nitrogen and oxygen atoms in total. The van der Waals surface area contributed by atoms with Gasteiger partial charge in [0, 0.05) is 19.8 Å². The number of nitrogens with zero attached hydrogens (tertiary/aromatic N) is 1. The van der Waals surface area contributed by atoms with Gasteiger partial charge in [0.1, 0.15) is 5.75 Å². The van der Waals surface area contributed by atoms with Gasteiger partial charge < -0.3 is 19.7 Å². The quantitative estimate of drug-likeness (QED) is 0.886. The first-order valence-corrected chi connectivity index (χ1v) is 7.53. The number of nitrogens with one attached hydrogen (secondary N) is 1. The van der Waals surface area contributed by atoms with Gasteiger partial charge in [-0.2, -0.15) is 0 Å². The first-order chi connectivity index (χ1) is 12.3. The summed E-state index contributed by atoms with van der Waals surface area (Å²) in [6.45, 7) is 0. The van der Waals surface area contributed by atoms with E-state index < -0.39 is 23.3 Å². The molecule has 0 heterocycles. The van der Waals surface area contributed by atoms with Crippen LogP contribution in [0, 0.1) is 11.6 Å². The van der Waals surface area contributed by atoms with E-state index in [0.29, 0.717) is 5.75 Å². The molecule has 0 radical (unpaired) electrons. The summed E-state index contributed by atoms with van der Waals surface area (Å²) in [5.74, 6) is -3.47. The van der Waals surface area contributed by atoms with Gasteiger partial charge in [-0.1, -0.05) is 0 Å². The Bertz CT molecular complexity index is 853. The van der Waals surface area contributed by atoms with Gasteiger partial charge in [-0.15, -0.1) is 0 Å². The molecular weight excluding hydrogens is 346 g/mol. The monoisotopic (exact) mass is 364 g/mol. The maximum atomic E-state index is 14.2. The van der Waals surface area contributed by atoms with Crippen molar-refractivity contribution in [2.45, 2.75) is 0 Å². The lowest BCUT2D eigenvalue weighted by Gasteiger charge is -2.15. The number of carbonyl (C=O) groups excluding carboxylic acids is 2. The number of methoxy groups -OCH3 is 2. The largest absolute Gasteiger partial charge is 0.496 e. The van der Waals surface area contributed by atoms with Crippen LogP contribution in [0.15, 0.2) is 30.3 Å². The SMILES string of the molecule is COc1ccc(NC(=O)c2ccc(F)c(OC)c2F)cc1C(=O)N(C)C. The van der Waals surface area contributed by atoms with Crippen molar-refractivity contribution in [2.24, 2.45) is 0 Å². The Kier molecular flexibility index (Phi) is 5.76. The Labute approximate surface area is 149 Å². The molecule has 0 fully saturated rings. The molecule has 0 unspecified atom stereocenters. The number of ether oxygens (including phenoxy) is 2. The molecule has 8 heteroatoms. The smallest absolute Gasteiger partial charge is 0.258 e. The molecule has 0 bridgehead atoms. The first-order valence-electron chi connectivity index (χ1n) is 7.53. The third-order valence-corrected chi connectivity index (χ3v) is 3.59. The molecule has 2 aromatic rings. The summed E-state index contributed by atoms with van der Waals surface area (Å²) in [6, 6.07) is 6.37. The van der Waals surface area contributed by atoms with Crippen molar-refractivity contribution in [3.05, 3.63) is 53.1 Å². The van der Waals surface area contributed by atoms with E-state index in [4.69, 9.17) is 4.74 Å². The van der Waals surface area contributed by atoms with Gasteiger partial charge in [0.05, 0.1) is 25.3 Å². The van der Waals surface area contributed by atoms with Crippen LogP contribution in [0.3, 0.4) is 0 Å². The lowest BCUT2D eigenvalue weighted by Crippen LogP contribution is -2.22. The normalized spacial score (nSPS) is 10.2. The summed E-state index contributed by atoms with van der Waals surface area (Å²) in [5, 5.41) is 2.47. The van der Waals surface area contributed by atoms with Crippen LogP contribution in [0.1, 0.15) is 20.7 Å². The minimum atomic E-state index is -1.11. The molecule has 2 rings (SSSR count). The van der Waals surface area contributed by atoms with Gasteiger partial charge in [-0.05, 0) is 30.3 Å². The molecule has 0 saturated carbocycles. The highest BCUT2D eigenvalue weighted by molar-refractivity contribution is 6.06. The van der Waals surface area contributed by atoms with Crippen LogP contribution >= 0.6 is 0 Å². The number of amides is 2. The Morgan fingerprint density at radius 3 is 2.27 bits per heavy atom. The Morgan fingerprint density at radius 1 is 1.00 bits per heavy atom. The van der Waals surface area contributed by atoms with Crippen LogP contribution in [-0.2, 0) is 0 Å². The number of anilines is 1. The van der Waals surface area contributed by atoms with Crippen LogP contribution in [0.5, 0.6) is 11.5 Å². The lowest BCUT2D eigenvalue weighted by atomic mass is 10.1. The molecular formula is C18H18F2N2O4. The highest BCUT2D eigenvalue weighted by atomic mass is 19.1. The maximum Gasteiger partial charge on any atom is 0.258 e. The van der Waals surface area contributed by atoms with E-state index in [9.17, 15) is 18.4 Å². The molecule has 26 heavy (non-hydrogen) atoms. The molecule has 2 amide bonds. The summed E-state index contributed by atoms with van der Waals surface area (Å²) in [4.78, 5) is 25.9. The second-order valence-corrected chi connectivity index (χ2v) is 5.51. The minimum Gasteiger partial charge on any atom is -0.496 e. The van der Waals surface area contributed by atoms with E-state index in [0.717, 1.165) is 19.2 Å². The van der Waals surface area contributed by atoms with Crippen molar-refractivity contribution in [1.82, 2.24) is 4.90 Å². The first kappa shape index (κ1) is 19.2. The van der Waals surface area contributed by atoms with Crippen LogP contribution in [0.4, 0.5) is 14.5 Å². The summed E-state index contributed by atoms with van der Waals surface area (Å²) >= 11 is 0. The molecule has 0 aromatic heterocycles. The molecule has 0 aliphatic rings. The zero-order chi connectivity index (χ0) is 19.4. The molecule has 0 aliphatic carbocycles. The molecule has 138 valence electrons. The second kappa shape index (κ2) is 7.81. The highest BCUT2D eigenvalue weighted by Gasteiger charge is 2.21. The van der Waals surface area contributed by atoms with Crippen molar-refractivity contribution in [1.29, 1.82) is 0 Å². The topological polar surface area (TPSA) is 67.9 Å². The average Bonchev–Trinajstić information content (AvgIpc) is 2.61. The third-order valence-electron chi connectivity index (χ3n) is 3.59. The standard InChI is InChI=1S/C18H18F2N2O4/c1-22(2)18(24)12-9-10(5-8-14(12)25-3)21-17(23)11-6-7-13(19)16(26-4)15(11)20/h5-9H,1-4H3,(H,21,23). The van der Waals surface area contributed by atoms with E-state index in [-0.39, 0.29) is 22.7 Å². The van der Waals surface area contributed by atoms with Crippen molar-refractivity contribution in [2.75, 3.05) is 33.6 Å². The van der Waals surface area contributed by atoms with Crippen LogP contribution < -0.4 is 14.8 Å². The van der Waals surface area contributed by atoms with E-state index >= 15 is 0 Å². The van der Waals surface area contributed by atoms with E-state index in [1.807, 2.05) is 0 Å². The molecule has 0 spiro atoms. The van der Waals surface area contributed by atoms with Crippen molar-refractivity contribution >= 4 is 17.5 Å². The van der Waals surface area contributed by atoms with Gasteiger partial charge in [0.25, 0.3) is 11.8 Å². The molecule has 0 aliphatic heterocycles. The molecule has 0 saturated heterocycles. The van der Waals surface area contributed by atoms with Crippen LogP contribution in [0.2, 0.25) is 0 Å². The van der Waals surface area contributed by atoms with Gasteiger partial charge in [-0.3, -0.25) is 9.59 Å². The van der Waals surface area contributed by atoms with Crippen molar-refractivity contribution < 1.29 is 27.8 Å². The van der Waals surface area contributed by atoms with Gasteiger partial charge >= 0.3 is 0 Å². The number of benzene rings is 2. The van der Waals surface area contributed by atoms with Gasteiger partial charge in [0.15, 0.2) is 17.4 Å². The number of hydrogen-bond acceptors (Lipinski definition) is 4. The fraction of sp³-hybridized carbons (Fsp3) is 0.222. The fourth-order valence-electron chi connectivity index (χ4n) is 2.29. The van der Waals surface area contributed by atoms with E-state index in [1.54, 1.807) is 14.1 Å². The maximum absolute atomic E-state index is 14.2. The predicted octanol–water partition coefficient (Wildman–Crippen LogP) is 2.94.